The predicted octanol–water partition coefficient (Wildman–Crippen LogP) is 6.27. The lowest BCUT2D eigenvalue weighted by Crippen LogP contribution is -2.30. The average Bonchev–Trinajstić information content (AvgIpc) is 3.14. The number of imidazole rings is 1. The van der Waals surface area contributed by atoms with Gasteiger partial charge in [0.2, 0.25) is 5.95 Å². The van der Waals surface area contributed by atoms with Crippen LogP contribution in [0.4, 0.5) is 24.8 Å². The van der Waals surface area contributed by atoms with Crippen molar-refractivity contribution < 1.29 is 32.6 Å². The van der Waals surface area contributed by atoms with Gasteiger partial charge in [0, 0.05) is 23.8 Å². The van der Waals surface area contributed by atoms with Gasteiger partial charge in [-0.2, -0.15) is 0 Å². The van der Waals surface area contributed by atoms with Crippen molar-refractivity contribution >= 4 is 34.5 Å². The summed E-state index contributed by atoms with van der Waals surface area (Å²) in [5.74, 6) is -0.731. The molecule has 3 N–H and O–H groups in total. The molecule has 38 heavy (non-hydrogen) atoms. The maximum Gasteiger partial charge on any atom is 0.573 e. The fourth-order valence-corrected chi connectivity index (χ4v) is 5.44. The molecule has 2 aromatic carbocycles. The first-order chi connectivity index (χ1) is 17.8. The molecule has 1 fully saturated rings. The van der Waals surface area contributed by atoms with Gasteiger partial charge in [0.25, 0.3) is 5.91 Å². The third kappa shape index (κ3) is 6.76. The van der Waals surface area contributed by atoms with E-state index in [1.165, 1.54) is 24.3 Å². The van der Waals surface area contributed by atoms with E-state index in [0.717, 1.165) is 24.8 Å². The highest BCUT2D eigenvalue weighted by Gasteiger charge is 2.35. The second kappa shape index (κ2) is 10.5. The quantitative estimate of drug-likeness (QED) is 0.316. The smallest absolute Gasteiger partial charge is 0.481 e. The largest absolute Gasteiger partial charge is 0.573 e. The summed E-state index contributed by atoms with van der Waals surface area (Å²) in [5.41, 5.74) is 2.39. The van der Waals surface area contributed by atoms with Crippen LogP contribution in [0.25, 0.3) is 11.0 Å². The van der Waals surface area contributed by atoms with Crippen LogP contribution in [0.5, 0.6) is 5.75 Å². The Morgan fingerprint density at radius 2 is 1.87 bits per heavy atom. The number of nitrogens with one attached hydrogen (secondary N) is 2. The van der Waals surface area contributed by atoms with Crippen molar-refractivity contribution in [2.75, 3.05) is 11.9 Å². The van der Waals surface area contributed by atoms with E-state index in [2.05, 4.69) is 40.7 Å². The molecule has 0 spiro atoms. The fraction of sp³-hybridized carbons (Fsp3) is 0.444. The Balaban J connectivity index is 1.70. The van der Waals surface area contributed by atoms with Crippen LogP contribution in [0.1, 0.15) is 62.9 Å². The first-order valence-corrected chi connectivity index (χ1v) is 12.4. The van der Waals surface area contributed by atoms with E-state index in [1.807, 2.05) is 0 Å². The molecule has 0 aliphatic heterocycles. The van der Waals surface area contributed by atoms with Gasteiger partial charge in [-0.15, -0.1) is 13.2 Å². The van der Waals surface area contributed by atoms with Gasteiger partial charge < -0.3 is 25.0 Å². The first-order valence-electron chi connectivity index (χ1n) is 12.4. The lowest BCUT2D eigenvalue weighted by molar-refractivity contribution is -0.274. The van der Waals surface area contributed by atoms with E-state index >= 15 is 0 Å². The fourth-order valence-electron chi connectivity index (χ4n) is 5.44. The van der Waals surface area contributed by atoms with Crippen LogP contribution in [0.2, 0.25) is 0 Å². The van der Waals surface area contributed by atoms with Crippen LogP contribution in [0, 0.1) is 11.3 Å². The van der Waals surface area contributed by atoms with Gasteiger partial charge in [0.1, 0.15) is 5.75 Å². The number of carboxylic acid groups (broad SMARTS) is 1. The minimum Gasteiger partial charge on any atom is -0.481 e. The number of aliphatic carboxylic acids is 1. The summed E-state index contributed by atoms with van der Waals surface area (Å²) in [6.07, 6.45) is -2.09. The number of carbonyl (C=O) groups excluding carboxylic acids is 1. The van der Waals surface area contributed by atoms with Crippen LogP contribution >= 0.6 is 0 Å². The summed E-state index contributed by atoms with van der Waals surface area (Å²) in [6.45, 7) is 6.67. The molecule has 1 saturated carbocycles. The predicted molar refractivity (Wildman–Crippen MR) is 137 cm³/mol. The maximum absolute atomic E-state index is 12.7. The molecule has 4 rings (SSSR count). The van der Waals surface area contributed by atoms with E-state index in [4.69, 9.17) is 10.1 Å². The number of ether oxygens (including phenoxy) is 1. The van der Waals surface area contributed by atoms with Gasteiger partial charge in [-0.3, -0.25) is 9.59 Å². The van der Waals surface area contributed by atoms with Gasteiger partial charge in [-0.25, -0.2) is 4.98 Å². The Morgan fingerprint density at radius 1 is 1.16 bits per heavy atom. The van der Waals surface area contributed by atoms with Crippen molar-refractivity contribution in [2.24, 2.45) is 11.3 Å². The third-order valence-electron chi connectivity index (χ3n) is 6.65. The van der Waals surface area contributed by atoms with Crippen molar-refractivity contribution in [3.8, 4) is 5.75 Å². The molecule has 3 aromatic rings. The van der Waals surface area contributed by atoms with Crippen molar-refractivity contribution in [1.82, 2.24) is 14.9 Å². The Hall–Kier alpha value is -3.76. The number of carbonyl (C=O) groups is 2. The Bertz CT molecular complexity index is 1320. The van der Waals surface area contributed by atoms with E-state index in [0.29, 0.717) is 28.6 Å². The summed E-state index contributed by atoms with van der Waals surface area (Å²) in [5, 5.41) is 14.7. The molecule has 1 aliphatic carbocycles. The first kappa shape index (κ1) is 27.3. The highest BCUT2D eigenvalue weighted by atomic mass is 19.4. The van der Waals surface area contributed by atoms with Gasteiger partial charge in [0.05, 0.1) is 17.5 Å². The van der Waals surface area contributed by atoms with Gasteiger partial charge in [-0.1, -0.05) is 20.8 Å². The van der Waals surface area contributed by atoms with E-state index in [1.54, 1.807) is 18.2 Å². The zero-order valence-electron chi connectivity index (χ0n) is 21.4. The third-order valence-corrected chi connectivity index (χ3v) is 6.65. The van der Waals surface area contributed by atoms with Crippen molar-refractivity contribution in [1.29, 1.82) is 0 Å². The van der Waals surface area contributed by atoms with Crippen molar-refractivity contribution in [3.05, 3.63) is 48.0 Å². The Labute approximate surface area is 218 Å². The molecular weight excluding hydrogens is 501 g/mol. The molecule has 1 aliphatic rings. The molecule has 11 heteroatoms. The molecule has 0 radical (unpaired) electrons. The van der Waals surface area contributed by atoms with Gasteiger partial charge >= 0.3 is 12.3 Å². The number of halogens is 3. The normalized spacial score (nSPS) is 19.2. The topological polar surface area (TPSA) is 105 Å². The van der Waals surface area contributed by atoms with Gasteiger partial charge in [-0.05, 0) is 73.1 Å². The van der Waals surface area contributed by atoms with E-state index in [9.17, 15) is 22.8 Å². The molecule has 1 aromatic heterocycles. The molecule has 204 valence electrons. The monoisotopic (exact) mass is 532 g/mol. The lowest BCUT2D eigenvalue weighted by atomic mass is 9.70. The molecule has 1 amide bonds. The summed E-state index contributed by atoms with van der Waals surface area (Å²) in [4.78, 5) is 28.3. The number of nitrogens with zero attached hydrogens (tertiary/aromatic N) is 2. The zero-order chi connectivity index (χ0) is 27.7. The number of anilines is 2. The Morgan fingerprint density at radius 3 is 2.50 bits per heavy atom. The summed E-state index contributed by atoms with van der Waals surface area (Å²) in [6, 6.07) is 10.6. The highest BCUT2D eigenvalue weighted by Crippen LogP contribution is 2.46. The second-order valence-electron chi connectivity index (χ2n) is 10.7. The van der Waals surface area contributed by atoms with Crippen molar-refractivity contribution in [2.45, 2.75) is 58.9 Å². The minimum absolute atomic E-state index is 0.0145. The number of alkyl halides is 3. The molecule has 1 heterocycles. The molecule has 2 atom stereocenters. The number of amides is 1. The molecule has 8 nitrogen and oxygen atoms in total. The lowest BCUT2D eigenvalue weighted by Gasteiger charge is -2.40. The number of hydrogen-bond acceptors (Lipinski definition) is 5. The van der Waals surface area contributed by atoms with Crippen LogP contribution < -0.4 is 15.4 Å². The number of carboxylic acids is 1. The molecule has 0 bridgehead atoms. The number of hydrogen-bond donors (Lipinski definition) is 3. The second-order valence-corrected chi connectivity index (χ2v) is 10.7. The summed E-state index contributed by atoms with van der Waals surface area (Å²) in [7, 11) is 0. The van der Waals surface area contributed by atoms with E-state index in [-0.39, 0.29) is 36.1 Å². The standard InChI is InChI=1S/C27H31F3N4O4/c1-16-12-19(15-26(2,3)14-16)34-22-13-17(24(37)31-11-10-23(35)36)4-9-21(22)33-25(34)32-18-5-7-20(8-6-18)38-27(28,29)30/h4-9,13,16,19H,10-12,14-15H2,1-3H3,(H,31,37)(H,32,33)(H,35,36)/t16-,19+/m1/s1. The van der Waals surface area contributed by atoms with Crippen LogP contribution in [0.15, 0.2) is 42.5 Å². The number of fused-ring (bicyclic) bond motifs is 1. The number of rotatable bonds is 8. The minimum atomic E-state index is -4.77. The summed E-state index contributed by atoms with van der Waals surface area (Å²) >= 11 is 0. The number of benzene rings is 2. The SMILES string of the molecule is C[C@@H]1C[C@H](n2c(Nc3ccc(OC(F)(F)F)cc3)nc3ccc(C(=O)NCCC(=O)O)cc32)CC(C)(C)C1. The average molecular weight is 533 g/mol. The maximum atomic E-state index is 12.7. The highest BCUT2D eigenvalue weighted by molar-refractivity contribution is 5.98. The summed E-state index contributed by atoms with van der Waals surface area (Å²) < 4.78 is 43.7. The molecular formula is C27H31F3N4O4. The van der Waals surface area contributed by atoms with E-state index < -0.39 is 12.3 Å². The van der Waals surface area contributed by atoms with Crippen molar-refractivity contribution in [3.63, 3.8) is 0 Å². The molecule has 0 unspecified atom stereocenters. The zero-order valence-corrected chi connectivity index (χ0v) is 21.4. The molecule has 0 saturated heterocycles. The Kier molecular flexibility index (Phi) is 7.57. The van der Waals surface area contributed by atoms with Gasteiger partial charge in [0.15, 0.2) is 0 Å². The number of aromatic nitrogens is 2. The van der Waals surface area contributed by atoms with Crippen LogP contribution in [-0.4, -0.2) is 39.4 Å². The van der Waals surface area contributed by atoms with Crippen LogP contribution in [0.3, 0.4) is 0 Å². The van der Waals surface area contributed by atoms with Crippen LogP contribution in [-0.2, 0) is 4.79 Å².